The van der Waals surface area contributed by atoms with Crippen LogP contribution in [0.5, 0.6) is 0 Å². The molecule has 1 amide bonds. The summed E-state index contributed by atoms with van der Waals surface area (Å²) in [6.45, 7) is 0.375. The second-order valence-electron chi connectivity index (χ2n) is 1.90. The van der Waals surface area contributed by atoms with E-state index >= 15 is 0 Å². The Bertz CT molecular complexity index is 229. The first-order valence-electron chi connectivity index (χ1n) is 2.98. The van der Waals surface area contributed by atoms with Gasteiger partial charge in [-0.15, -0.1) is 0 Å². The summed E-state index contributed by atoms with van der Waals surface area (Å²) < 4.78 is 1.20. The van der Waals surface area contributed by atoms with E-state index in [2.05, 4.69) is 22.8 Å². The van der Waals surface area contributed by atoms with Crippen molar-refractivity contribution in [3.05, 3.63) is 24.3 Å². The highest BCUT2D eigenvalue weighted by Crippen LogP contribution is 1.97. The number of hydrogen-bond acceptors (Lipinski definition) is 4. The van der Waals surface area contributed by atoms with Crippen LogP contribution in [-0.2, 0) is 11.3 Å². The highest BCUT2D eigenvalue weighted by Gasteiger charge is 1.97. The molecule has 0 aliphatic rings. The van der Waals surface area contributed by atoms with Gasteiger partial charge in [0.2, 0.25) is 6.41 Å². The van der Waals surface area contributed by atoms with Crippen LogP contribution in [0.25, 0.3) is 0 Å². The molecule has 0 bridgehead atoms. The van der Waals surface area contributed by atoms with E-state index in [-0.39, 0.29) is 0 Å². The van der Waals surface area contributed by atoms with E-state index in [0.717, 1.165) is 5.69 Å². The van der Waals surface area contributed by atoms with Crippen molar-refractivity contribution in [1.82, 2.24) is 14.3 Å². The molecule has 0 spiro atoms. The molecular weight excluding hydrogens is 162 g/mol. The van der Waals surface area contributed by atoms with Crippen molar-refractivity contribution in [2.75, 3.05) is 0 Å². The number of amides is 1. The molecule has 0 radical (unpaired) electrons. The molecule has 0 saturated heterocycles. The molecule has 0 aromatic carbocycles. The predicted octanol–water partition coefficient (Wildman–Crippen LogP) is 0.280. The first-order valence-corrected chi connectivity index (χ1v) is 3.38. The Balaban J connectivity index is 2.57. The van der Waals surface area contributed by atoms with Crippen LogP contribution in [-0.4, -0.2) is 20.7 Å². The number of thiol groups is 1. The summed E-state index contributed by atoms with van der Waals surface area (Å²) in [7, 11) is 0. The van der Waals surface area contributed by atoms with Crippen LogP contribution < -0.4 is 0 Å². The monoisotopic (exact) mass is 169 g/mol. The molecule has 1 aromatic heterocycles. The van der Waals surface area contributed by atoms with E-state index in [1.807, 2.05) is 0 Å². The molecule has 0 N–H and O–H groups in total. The third-order valence-electron chi connectivity index (χ3n) is 1.06. The molecule has 58 valence electrons. The lowest BCUT2D eigenvalue weighted by molar-refractivity contribution is -0.114. The number of carbonyl (C=O) groups is 1. The van der Waals surface area contributed by atoms with Gasteiger partial charge in [-0.2, -0.15) is 0 Å². The first kappa shape index (κ1) is 8.00. The molecule has 0 aliphatic heterocycles. The highest BCUT2D eigenvalue weighted by atomic mass is 32.1. The van der Waals surface area contributed by atoms with Crippen LogP contribution in [0, 0.1) is 0 Å². The highest BCUT2D eigenvalue weighted by molar-refractivity contribution is 7.78. The van der Waals surface area contributed by atoms with E-state index in [1.165, 1.54) is 4.31 Å². The second kappa shape index (κ2) is 3.92. The fraction of sp³-hybridized carbons (Fsp3) is 0.167. The van der Waals surface area contributed by atoms with Crippen LogP contribution in [0.2, 0.25) is 0 Å². The number of hydrogen-bond donors (Lipinski definition) is 1. The molecule has 0 aliphatic carbocycles. The minimum Gasteiger partial charge on any atom is -0.286 e. The van der Waals surface area contributed by atoms with Gasteiger partial charge in [0.15, 0.2) is 0 Å². The van der Waals surface area contributed by atoms with Gasteiger partial charge in [0.1, 0.15) is 0 Å². The van der Waals surface area contributed by atoms with Crippen molar-refractivity contribution >= 4 is 19.2 Å². The molecule has 0 atom stereocenters. The minimum atomic E-state index is 0.375. The molecule has 11 heavy (non-hydrogen) atoms. The van der Waals surface area contributed by atoms with E-state index in [4.69, 9.17) is 0 Å². The lowest BCUT2D eigenvalue weighted by Crippen LogP contribution is -2.09. The normalized spacial score (nSPS) is 9.18. The lowest BCUT2D eigenvalue weighted by atomic mass is 10.4. The largest absolute Gasteiger partial charge is 0.286 e. The predicted molar refractivity (Wildman–Crippen MR) is 42.6 cm³/mol. The fourth-order valence-electron chi connectivity index (χ4n) is 0.615. The van der Waals surface area contributed by atoms with Gasteiger partial charge in [-0.25, -0.2) is 0 Å². The zero-order valence-corrected chi connectivity index (χ0v) is 6.61. The SMILES string of the molecule is O=CN(S)Cc1cnccn1. The molecule has 4 nitrogen and oxygen atoms in total. The summed E-state index contributed by atoms with van der Waals surface area (Å²) in [5, 5.41) is 0. The Hall–Kier alpha value is -1.10. The number of nitrogens with zero attached hydrogens (tertiary/aromatic N) is 3. The van der Waals surface area contributed by atoms with Gasteiger partial charge < -0.3 is 0 Å². The van der Waals surface area contributed by atoms with Gasteiger partial charge in [0.05, 0.1) is 18.4 Å². The van der Waals surface area contributed by atoms with Crippen molar-refractivity contribution in [3.8, 4) is 0 Å². The van der Waals surface area contributed by atoms with E-state index < -0.39 is 0 Å². The van der Waals surface area contributed by atoms with E-state index in [9.17, 15) is 4.79 Å². The van der Waals surface area contributed by atoms with E-state index in [1.54, 1.807) is 18.6 Å². The van der Waals surface area contributed by atoms with Gasteiger partial charge in [0.25, 0.3) is 0 Å². The van der Waals surface area contributed by atoms with Crippen molar-refractivity contribution < 1.29 is 4.79 Å². The van der Waals surface area contributed by atoms with Crippen molar-refractivity contribution in [3.63, 3.8) is 0 Å². The average molecular weight is 169 g/mol. The van der Waals surface area contributed by atoms with E-state index in [0.29, 0.717) is 13.0 Å². The van der Waals surface area contributed by atoms with Gasteiger partial charge in [-0.05, 0) is 0 Å². The topological polar surface area (TPSA) is 46.1 Å². The van der Waals surface area contributed by atoms with Crippen LogP contribution in [0.1, 0.15) is 5.69 Å². The Morgan fingerprint density at radius 1 is 1.64 bits per heavy atom. The standard InChI is InChI=1S/C6H7N3OS/c10-5-9(11)4-6-3-7-1-2-8-6/h1-3,5,11H,4H2. The maximum absolute atomic E-state index is 10.1. The zero-order valence-electron chi connectivity index (χ0n) is 5.71. The molecule has 0 unspecified atom stereocenters. The van der Waals surface area contributed by atoms with Gasteiger partial charge in [-0.3, -0.25) is 19.1 Å². The summed E-state index contributed by atoms with van der Waals surface area (Å²) >= 11 is 3.84. The van der Waals surface area contributed by atoms with Crippen LogP contribution >= 0.6 is 12.8 Å². The first-order chi connectivity index (χ1) is 5.33. The Morgan fingerprint density at radius 2 is 2.45 bits per heavy atom. The smallest absolute Gasteiger partial charge is 0.219 e. The number of rotatable bonds is 3. The van der Waals surface area contributed by atoms with Gasteiger partial charge in [0, 0.05) is 12.4 Å². The van der Waals surface area contributed by atoms with Crippen molar-refractivity contribution in [1.29, 1.82) is 0 Å². The van der Waals surface area contributed by atoms with Gasteiger partial charge >= 0.3 is 0 Å². The third kappa shape index (κ3) is 2.55. The molecule has 5 heteroatoms. The summed E-state index contributed by atoms with van der Waals surface area (Å²) in [5.74, 6) is 0. The fourth-order valence-corrected chi connectivity index (χ4v) is 0.760. The number of carbonyl (C=O) groups excluding carboxylic acids is 1. The number of aromatic nitrogens is 2. The van der Waals surface area contributed by atoms with Crippen LogP contribution in [0.4, 0.5) is 0 Å². The molecule has 1 heterocycles. The van der Waals surface area contributed by atoms with Crippen LogP contribution in [0.3, 0.4) is 0 Å². The van der Waals surface area contributed by atoms with Gasteiger partial charge in [-0.1, -0.05) is 12.8 Å². The molecule has 0 fully saturated rings. The Labute approximate surface area is 69.8 Å². The Kier molecular flexibility index (Phi) is 2.85. The quantitative estimate of drug-likeness (QED) is 0.522. The average Bonchev–Trinajstić information content (AvgIpc) is 2.06. The molecular formula is C6H7N3OS. The molecule has 1 rings (SSSR count). The summed E-state index contributed by atoms with van der Waals surface area (Å²) in [6, 6.07) is 0. The summed E-state index contributed by atoms with van der Waals surface area (Å²) in [5.41, 5.74) is 0.717. The maximum atomic E-state index is 10.1. The van der Waals surface area contributed by atoms with Crippen molar-refractivity contribution in [2.24, 2.45) is 0 Å². The maximum Gasteiger partial charge on any atom is 0.219 e. The lowest BCUT2D eigenvalue weighted by Gasteiger charge is -2.06. The zero-order chi connectivity index (χ0) is 8.10. The summed E-state index contributed by atoms with van der Waals surface area (Å²) in [6.07, 6.45) is 5.36. The second-order valence-corrected chi connectivity index (χ2v) is 2.41. The minimum absolute atomic E-state index is 0.375. The molecule has 0 saturated carbocycles. The third-order valence-corrected chi connectivity index (χ3v) is 1.30. The van der Waals surface area contributed by atoms with Crippen LogP contribution in [0.15, 0.2) is 18.6 Å². The molecule has 1 aromatic rings. The van der Waals surface area contributed by atoms with Crippen molar-refractivity contribution in [2.45, 2.75) is 6.54 Å². The summed E-state index contributed by atoms with van der Waals surface area (Å²) in [4.78, 5) is 17.9. The Morgan fingerprint density at radius 3 is 3.00 bits per heavy atom.